The van der Waals surface area contributed by atoms with E-state index in [9.17, 15) is 8.42 Å². The molecule has 0 saturated carbocycles. The Morgan fingerprint density at radius 2 is 1.79 bits per heavy atom. The third-order valence-electron chi connectivity index (χ3n) is 3.81. The molecular weight excluding hydrogens is 398 g/mol. The highest BCUT2D eigenvalue weighted by Crippen LogP contribution is 2.39. The maximum Gasteiger partial charge on any atom is 0.242 e. The van der Waals surface area contributed by atoms with E-state index in [2.05, 4.69) is 25.3 Å². The molecule has 0 fully saturated rings. The van der Waals surface area contributed by atoms with E-state index >= 15 is 0 Å². The first-order valence-electron chi connectivity index (χ1n) is 8.62. The summed E-state index contributed by atoms with van der Waals surface area (Å²) < 4.78 is 42.8. The third-order valence-corrected chi connectivity index (χ3v) is 5.25. The standard InChI is InChI=1S/C18H25N5O5S/c1-19-18(21-8-9-22-29(24,25)14-6-5-7-20-12-14)23-13-10-15(26-2)17(28-4)16(11-13)27-3/h5-7,10-12,22H,8-9H2,1-4H3,(H2,19,21,23). The summed E-state index contributed by atoms with van der Waals surface area (Å²) in [6.45, 7) is 0.469. The summed E-state index contributed by atoms with van der Waals surface area (Å²) in [4.78, 5) is 8.05. The second kappa shape index (κ2) is 10.5. The SMILES string of the molecule is CN=C(NCCNS(=O)(=O)c1cccnc1)Nc1cc(OC)c(OC)c(OC)c1. The average Bonchev–Trinajstić information content (AvgIpc) is 2.75. The molecule has 0 bridgehead atoms. The Morgan fingerprint density at radius 3 is 2.31 bits per heavy atom. The lowest BCUT2D eigenvalue weighted by atomic mass is 10.2. The lowest BCUT2D eigenvalue weighted by Crippen LogP contribution is -2.37. The fraction of sp³-hybridized carbons (Fsp3) is 0.333. The topological polar surface area (TPSA) is 123 Å². The van der Waals surface area contributed by atoms with Crippen molar-refractivity contribution in [2.75, 3.05) is 46.8 Å². The Labute approximate surface area is 170 Å². The number of methoxy groups -OCH3 is 3. The van der Waals surface area contributed by atoms with Gasteiger partial charge in [-0.05, 0) is 12.1 Å². The van der Waals surface area contributed by atoms with Gasteiger partial charge in [-0.25, -0.2) is 13.1 Å². The van der Waals surface area contributed by atoms with E-state index in [0.29, 0.717) is 35.4 Å². The Bertz CT molecular complexity index is 910. The van der Waals surface area contributed by atoms with Gasteiger partial charge in [-0.15, -0.1) is 0 Å². The molecule has 158 valence electrons. The van der Waals surface area contributed by atoms with Crippen molar-refractivity contribution in [3.8, 4) is 17.2 Å². The van der Waals surface area contributed by atoms with Crippen molar-refractivity contribution in [1.82, 2.24) is 15.0 Å². The molecule has 0 radical (unpaired) electrons. The van der Waals surface area contributed by atoms with E-state index < -0.39 is 10.0 Å². The number of sulfonamides is 1. The molecule has 10 nitrogen and oxygen atoms in total. The molecule has 0 atom stereocenters. The van der Waals surface area contributed by atoms with Gasteiger partial charge in [-0.3, -0.25) is 9.98 Å². The number of benzene rings is 1. The third kappa shape index (κ3) is 5.96. The molecular formula is C18H25N5O5S. The maximum absolute atomic E-state index is 12.2. The summed E-state index contributed by atoms with van der Waals surface area (Å²) >= 11 is 0. The molecule has 0 aliphatic heterocycles. The minimum absolute atomic E-state index is 0.111. The van der Waals surface area contributed by atoms with Crippen LogP contribution in [0.25, 0.3) is 0 Å². The summed E-state index contributed by atoms with van der Waals surface area (Å²) in [7, 11) is 2.58. The summed E-state index contributed by atoms with van der Waals surface area (Å²) in [6, 6.07) is 6.52. The van der Waals surface area contributed by atoms with Gasteiger partial charge >= 0.3 is 0 Å². The van der Waals surface area contributed by atoms with Gasteiger partial charge in [-0.2, -0.15) is 0 Å². The number of pyridine rings is 1. The number of guanidine groups is 1. The second-order valence-corrected chi connectivity index (χ2v) is 7.39. The highest BCUT2D eigenvalue weighted by molar-refractivity contribution is 7.89. The van der Waals surface area contributed by atoms with E-state index in [1.54, 1.807) is 25.2 Å². The molecule has 3 N–H and O–H groups in total. The molecule has 11 heteroatoms. The van der Waals surface area contributed by atoms with Crippen molar-refractivity contribution >= 4 is 21.7 Å². The zero-order valence-corrected chi connectivity index (χ0v) is 17.5. The lowest BCUT2D eigenvalue weighted by molar-refractivity contribution is 0.324. The normalized spacial score (nSPS) is 11.7. The predicted molar refractivity (Wildman–Crippen MR) is 111 cm³/mol. The van der Waals surface area contributed by atoms with E-state index in [1.165, 1.54) is 39.8 Å². The molecule has 29 heavy (non-hydrogen) atoms. The van der Waals surface area contributed by atoms with Gasteiger partial charge < -0.3 is 24.8 Å². The van der Waals surface area contributed by atoms with E-state index in [-0.39, 0.29) is 11.4 Å². The molecule has 0 amide bonds. The highest BCUT2D eigenvalue weighted by atomic mass is 32.2. The van der Waals surface area contributed by atoms with E-state index in [0.717, 1.165) is 0 Å². The monoisotopic (exact) mass is 423 g/mol. The van der Waals surface area contributed by atoms with Crippen LogP contribution in [0.15, 0.2) is 46.5 Å². The maximum atomic E-state index is 12.2. The summed E-state index contributed by atoms with van der Waals surface area (Å²) in [5.41, 5.74) is 0.656. The Morgan fingerprint density at radius 1 is 1.10 bits per heavy atom. The molecule has 0 spiro atoms. The van der Waals surface area contributed by atoms with Crippen molar-refractivity contribution in [2.45, 2.75) is 4.90 Å². The van der Waals surface area contributed by atoms with Crippen LogP contribution < -0.4 is 29.6 Å². The smallest absolute Gasteiger partial charge is 0.242 e. The lowest BCUT2D eigenvalue weighted by Gasteiger charge is -2.16. The van der Waals surface area contributed by atoms with Crippen molar-refractivity contribution in [2.24, 2.45) is 4.99 Å². The first kappa shape index (κ1) is 22.2. The van der Waals surface area contributed by atoms with Crippen LogP contribution in [0.2, 0.25) is 0 Å². The molecule has 0 aliphatic rings. The minimum Gasteiger partial charge on any atom is -0.493 e. The van der Waals surface area contributed by atoms with Crippen LogP contribution in [0.5, 0.6) is 17.2 Å². The largest absolute Gasteiger partial charge is 0.493 e. The van der Waals surface area contributed by atoms with E-state index in [4.69, 9.17) is 14.2 Å². The molecule has 0 aliphatic carbocycles. The minimum atomic E-state index is -3.61. The number of hydrogen-bond acceptors (Lipinski definition) is 7. The van der Waals surface area contributed by atoms with Crippen molar-refractivity contribution in [3.05, 3.63) is 36.7 Å². The number of anilines is 1. The Kier molecular flexibility index (Phi) is 8.04. The van der Waals surface area contributed by atoms with Crippen LogP contribution in [0.1, 0.15) is 0 Å². The van der Waals surface area contributed by atoms with Crippen molar-refractivity contribution < 1.29 is 22.6 Å². The van der Waals surface area contributed by atoms with Gasteiger partial charge in [0.1, 0.15) is 4.90 Å². The molecule has 0 unspecified atom stereocenters. The fourth-order valence-electron chi connectivity index (χ4n) is 2.42. The summed E-state index contributed by atoms with van der Waals surface area (Å²) in [6.07, 6.45) is 2.81. The zero-order chi connectivity index (χ0) is 21.3. The fourth-order valence-corrected chi connectivity index (χ4v) is 3.42. The van der Waals surface area contributed by atoms with Gasteiger partial charge in [0, 0.05) is 50.4 Å². The molecule has 1 aromatic carbocycles. The van der Waals surface area contributed by atoms with Crippen LogP contribution in [-0.2, 0) is 10.0 Å². The molecule has 1 heterocycles. The number of hydrogen-bond donors (Lipinski definition) is 3. The quantitative estimate of drug-likeness (QED) is 0.311. The molecule has 1 aromatic heterocycles. The number of aromatic nitrogens is 1. The van der Waals surface area contributed by atoms with Crippen molar-refractivity contribution in [3.63, 3.8) is 0 Å². The number of rotatable bonds is 9. The number of nitrogens with one attached hydrogen (secondary N) is 3. The first-order chi connectivity index (χ1) is 13.9. The van der Waals surface area contributed by atoms with Crippen LogP contribution >= 0.6 is 0 Å². The second-order valence-electron chi connectivity index (χ2n) is 5.62. The van der Waals surface area contributed by atoms with Gasteiger partial charge in [0.05, 0.1) is 21.3 Å². The number of nitrogens with zero attached hydrogens (tertiary/aromatic N) is 2. The van der Waals surface area contributed by atoms with Crippen LogP contribution in [0, 0.1) is 0 Å². The number of ether oxygens (including phenoxy) is 3. The van der Waals surface area contributed by atoms with Gasteiger partial charge in [0.2, 0.25) is 15.8 Å². The van der Waals surface area contributed by atoms with Gasteiger partial charge in [0.15, 0.2) is 17.5 Å². The molecule has 2 rings (SSSR count). The van der Waals surface area contributed by atoms with Gasteiger partial charge in [-0.1, -0.05) is 0 Å². The van der Waals surface area contributed by atoms with Crippen LogP contribution in [0.4, 0.5) is 5.69 Å². The van der Waals surface area contributed by atoms with Crippen LogP contribution in [0.3, 0.4) is 0 Å². The number of aliphatic imine (C=N–C) groups is 1. The Hall–Kier alpha value is -3.05. The predicted octanol–water partition coefficient (Wildman–Crippen LogP) is 1.07. The highest BCUT2D eigenvalue weighted by Gasteiger charge is 2.15. The van der Waals surface area contributed by atoms with Crippen LogP contribution in [-0.4, -0.2) is 60.8 Å². The summed E-state index contributed by atoms with van der Waals surface area (Å²) in [5.74, 6) is 1.91. The average molecular weight is 423 g/mol. The first-order valence-corrected chi connectivity index (χ1v) is 10.1. The molecule has 0 saturated heterocycles. The molecule has 2 aromatic rings. The Balaban J connectivity index is 1.96. The van der Waals surface area contributed by atoms with Gasteiger partial charge in [0.25, 0.3) is 0 Å². The van der Waals surface area contributed by atoms with E-state index in [1.807, 2.05) is 0 Å². The van der Waals surface area contributed by atoms with Crippen molar-refractivity contribution in [1.29, 1.82) is 0 Å². The summed E-state index contributed by atoms with van der Waals surface area (Å²) in [5, 5.41) is 6.12. The zero-order valence-electron chi connectivity index (χ0n) is 16.7.